The molecule has 58 heavy (non-hydrogen) atoms. The average Bonchev–Trinajstić information content (AvgIpc) is 3.99. The lowest BCUT2D eigenvalue weighted by Crippen LogP contribution is -2.11. The van der Waals surface area contributed by atoms with Crippen molar-refractivity contribution in [3.8, 4) is 33.4 Å². The average molecular weight is 744 g/mol. The zero-order chi connectivity index (χ0) is 38.2. The fourth-order valence-electron chi connectivity index (χ4n) is 8.77. The second-order valence-corrected chi connectivity index (χ2v) is 14.8. The van der Waals surface area contributed by atoms with E-state index >= 15 is 0 Å². The molecular formula is C54H33NO3. The standard InChI is InChI=1S/C54H33NO3/c1-4-14-34(15-5-1)37-24-26-43-50(31-37)57-51-32-38(35-16-6-2-7-17-35)30-46(52(43)51)55(39-25-29-49-44(33-39)41-20-10-12-22-47(41)56-49)45-28-27-40(36-18-8-3-9-19-36)54-53(45)42-21-11-13-23-48(42)58-54/h1-33H. The Morgan fingerprint density at radius 1 is 0.293 bits per heavy atom. The Balaban J connectivity index is 1.21. The summed E-state index contributed by atoms with van der Waals surface area (Å²) in [5.41, 5.74) is 14.5. The van der Waals surface area contributed by atoms with E-state index < -0.39 is 0 Å². The summed E-state index contributed by atoms with van der Waals surface area (Å²) in [6.45, 7) is 0. The van der Waals surface area contributed by atoms with Crippen LogP contribution in [0.3, 0.4) is 0 Å². The molecule has 0 aliphatic heterocycles. The van der Waals surface area contributed by atoms with Crippen LogP contribution in [0.25, 0.3) is 99.2 Å². The van der Waals surface area contributed by atoms with Crippen molar-refractivity contribution in [2.24, 2.45) is 0 Å². The van der Waals surface area contributed by atoms with Crippen molar-refractivity contribution in [1.82, 2.24) is 0 Å². The van der Waals surface area contributed by atoms with Gasteiger partial charge in [-0.15, -0.1) is 0 Å². The zero-order valence-electron chi connectivity index (χ0n) is 31.2. The van der Waals surface area contributed by atoms with Crippen molar-refractivity contribution in [2.45, 2.75) is 0 Å². The maximum atomic E-state index is 6.91. The van der Waals surface area contributed by atoms with E-state index in [4.69, 9.17) is 13.3 Å². The number of hydrogen-bond donors (Lipinski definition) is 0. The van der Waals surface area contributed by atoms with Crippen molar-refractivity contribution in [2.75, 3.05) is 4.90 Å². The number of hydrogen-bond acceptors (Lipinski definition) is 4. The first-order valence-electron chi connectivity index (χ1n) is 19.6. The van der Waals surface area contributed by atoms with Gasteiger partial charge in [0, 0.05) is 32.8 Å². The molecular weight excluding hydrogens is 711 g/mol. The highest BCUT2D eigenvalue weighted by molar-refractivity contribution is 6.21. The quantitative estimate of drug-likeness (QED) is 0.170. The van der Waals surface area contributed by atoms with Crippen LogP contribution in [0.15, 0.2) is 213 Å². The third kappa shape index (κ3) is 5.09. The number of nitrogens with zero attached hydrogens (tertiary/aromatic N) is 1. The number of benzene rings is 9. The number of para-hydroxylation sites is 2. The van der Waals surface area contributed by atoms with Gasteiger partial charge in [-0.2, -0.15) is 0 Å². The Labute approximate surface area is 333 Å². The molecule has 12 aromatic rings. The molecule has 0 bridgehead atoms. The first kappa shape index (κ1) is 32.4. The summed E-state index contributed by atoms with van der Waals surface area (Å²) >= 11 is 0. The van der Waals surface area contributed by atoms with Gasteiger partial charge in [0.15, 0.2) is 0 Å². The van der Waals surface area contributed by atoms with Crippen LogP contribution in [0.5, 0.6) is 0 Å². The molecule has 4 heteroatoms. The number of furan rings is 3. The van der Waals surface area contributed by atoms with E-state index in [9.17, 15) is 0 Å². The van der Waals surface area contributed by atoms with Gasteiger partial charge in [0.2, 0.25) is 0 Å². The van der Waals surface area contributed by atoms with Gasteiger partial charge in [0.05, 0.1) is 22.1 Å². The molecule has 0 radical (unpaired) electrons. The van der Waals surface area contributed by atoms with Crippen LogP contribution in [0.1, 0.15) is 0 Å². The SMILES string of the molecule is c1ccc(-c2ccc3c(c2)oc2cc(-c4ccccc4)cc(N(c4ccc5oc6ccccc6c5c4)c4ccc(-c5ccccc5)c5oc6ccccc6c45)c23)cc1. The van der Waals surface area contributed by atoms with Crippen molar-refractivity contribution in [1.29, 1.82) is 0 Å². The molecule has 12 rings (SSSR count). The third-order valence-corrected chi connectivity index (χ3v) is 11.5. The molecule has 0 aliphatic carbocycles. The fraction of sp³-hybridized carbons (Fsp3) is 0. The van der Waals surface area contributed by atoms with Gasteiger partial charge in [-0.05, 0) is 94.5 Å². The lowest BCUT2D eigenvalue weighted by atomic mass is 9.97. The molecule has 4 nitrogen and oxygen atoms in total. The van der Waals surface area contributed by atoms with E-state index in [2.05, 4.69) is 175 Å². The number of anilines is 3. The maximum Gasteiger partial charge on any atom is 0.145 e. The van der Waals surface area contributed by atoms with Gasteiger partial charge in [-0.25, -0.2) is 0 Å². The minimum Gasteiger partial charge on any atom is -0.456 e. The smallest absolute Gasteiger partial charge is 0.145 e. The van der Waals surface area contributed by atoms with E-state index in [0.717, 1.165) is 116 Å². The molecule has 0 fully saturated rings. The maximum absolute atomic E-state index is 6.91. The first-order valence-corrected chi connectivity index (χ1v) is 19.6. The number of rotatable bonds is 6. The van der Waals surface area contributed by atoms with E-state index in [0.29, 0.717) is 0 Å². The molecule has 3 heterocycles. The second-order valence-electron chi connectivity index (χ2n) is 14.8. The Bertz CT molecular complexity index is 3500. The topological polar surface area (TPSA) is 42.7 Å². The lowest BCUT2D eigenvalue weighted by molar-refractivity contribution is 0.668. The lowest BCUT2D eigenvalue weighted by Gasteiger charge is -2.28. The van der Waals surface area contributed by atoms with Crippen molar-refractivity contribution in [3.05, 3.63) is 200 Å². The highest BCUT2D eigenvalue weighted by Gasteiger charge is 2.26. The number of fused-ring (bicyclic) bond motifs is 9. The largest absolute Gasteiger partial charge is 0.456 e. The summed E-state index contributed by atoms with van der Waals surface area (Å²) in [5, 5.41) is 6.27. The van der Waals surface area contributed by atoms with Gasteiger partial charge >= 0.3 is 0 Å². The minimum atomic E-state index is 0.811. The van der Waals surface area contributed by atoms with E-state index in [1.165, 1.54) is 0 Å². The molecule has 0 spiro atoms. The van der Waals surface area contributed by atoms with Crippen molar-refractivity contribution in [3.63, 3.8) is 0 Å². The van der Waals surface area contributed by atoms with Crippen LogP contribution in [-0.4, -0.2) is 0 Å². The van der Waals surface area contributed by atoms with Crippen LogP contribution in [0.4, 0.5) is 17.1 Å². The Morgan fingerprint density at radius 2 is 0.879 bits per heavy atom. The van der Waals surface area contributed by atoms with Crippen LogP contribution >= 0.6 is 0 Å². The summed E-state index contributed by atoms with van der Waals surface area (Å²) in [6.07, 6.45) is 0. The van der Waals surface area contributed by atoms with E-state index in [1.807, 2.05) is 30.3 Å². The molecule has 0 amide bonds. The molecule has 3 aromatic heterocycles. The van der Waals surface area contributed by atoms with E-state index in [-0.39, 0.29) is 0 Å². The second kappa shape index (κ2) is 12.9. The van der Waals surface area contributed by atoms with Crippen LogP contribution < -0.4 is 4.90 Å². The zero-order valence-corrected chi connectivity index (χ0v) is 31.2. The normalized spacial score (nSPS) is 11.8. The highest BCUT2D eigenvalue weighted by atomic mass is 16.3. The third-order valence-electron chi connectivity index (χ3n) is 11.5. The minimum absolute atomic E-state index is 0.811. The van der Waals surface area contributed by atoms with Crippen LogP contribution in [0, 0.1) is 0 Å². The van der Waals surface area contributed by atoms with Crippen LogP contribution in [-0.2, 0) is 0 Å². The molecule has 0 saturated heterocycles. The van der Waals surface area contributed by atoms with Gasteiger partial charge in [0.1, 0.15) is 33.5 Å². The van der Waals surface area contributed by atoms with Crippen LogP contribution in [0.2, 0.25) is 0 Å². The molecule has 0 N–H and O–H groups in total. The predicted molar refractivity (Wildman–Crippen MR) is 239 cm³/mol. The molecule has 0 saturated carbocycles. The van der Waals surface area contributed by atoms with Gasteiger partial charge in [-0.3, -0.25) is 0 Å². The molecule has 0 aliphatic rings. The first-order chi connectivity index (χ1) is 28.7. The van der Waals surface area contributed by atoms with Gasteiger partial charge in [-0.1, -0.05) is 133 Å². The van der Waals surface area contributed by atoms with Crippen molar-refractivity contribution >= 4 is 82.9 Å². The summed E-state index contributed by atoms with van der Waals surface area (Å²) in [7, 11) is 0. The van der Waals surface area contributed by atoms with Gasteiger partial charge in [0.25, 0.3) is 0 Å². The molecule has 9 aromatic carbocycles. The summed E-state index contributed by atoms with van der Waals surface area (Å²) in [4.78, 5) is 2.40. The summed E-state index contributed by atoms with van der Waals surface area (Å²) < 4.78 is 20.1. The highest BCUT2D eigenvalue weighted by Crippen LogP contribution is 2.51. The van der Waals surface area contributed by atoms with Crippen molar-refractivity contribution < 1.29 is 13.3 Å². The molecule has 272 valence electrons. The Hall–Kier alpha value is -7.82. The Kier molecular flexibility index (Phi) is 7.20. The monoisotopic (exact) mass is 743 g/mol. The Morgan fingerprint density at radius 3 is 1.64 bits per heavy atom. The van der Waals surface area contributed by atoms with E-state index in [1.54, 1.807) is 0 Å². The predicted octanol–water partition coefficient (Wildman–Crippen LogP) is 15.9. The molecule has 0 unspecified atom stereocenters. The van der Waals surface area contributed by atoms with Gasteiger partial charge < -0.3 is 18.2 Å². The fourth-order valence-corrected chi connectivity index (χ4v) is 8.77. The molecule has 0 atom stereocenters. The summed E-state index contributed by atoms with van der Waals surface area (Å²) in [5.74, 6) is 0. The summed E-state index contributed by atoms with van der Waals surface area (Å²) in [6, 6.07) is 70.2.